The van der Waals surface area contributed by atoms with Crippen molar-refractivity contribution in [3.05, 3.63) is 53.7 Å². The highest BCUT2D eigenvalue weighted by molar-refractivity contribution is 8.08. The average molecular weight is 297 g/mol. The molecule has 1 amide bonds. The van der Waals surface area contributed by atoms with E-state index in [0.29, 0.717) is 4.91 Å². The summed E-state index contributed by atoms with van der Waals surface area (Å²) in [5.74, 6) is 0.0392. The highest BCUT2D eigenvalue weighted by Crippen LogP contribution is 2.31. The van der Waals surface area contributed by atoms with Crippen molar-refractivity contribution in [3.63, 3.8) is 0 Å². The predicted octanol–water partition coefficient (Wildman–Crippen LogP) is 3.15. The molecule has 3 N–H and O–H groups in total. The van der Waals surface area contributed by atoms with Crippen molar-refractivity contribution in [1.82, 2.24) is 4.98 Å². The number of amides is 1. The first-order chi connectivity index (χ1) is 10.2. The Morgan fingerprint density at radius 1 is 1.29 bits per heavy atom. The van der Waals surface area contributed by atoms with Crippen LogP contribution in [0.4, 0.5) is 0 Å². The van der Waals surface area contributed by atoms with Crippen LogP contribution in [0.15, 0.2) is 48.0 Å². The fraction of sp³-hybridized carbons (Fsp3) is 0.125. The quantitative estimate of drug-likeness (QED) is 0.657. The molecule has 0 unspecified atom stereocenters. The molecule has 0 saturated carbocycles. The second-order valence-corrected chi connectivity index (χ2v) is 5.54. The number of benzene rings is 1. The van der Waals surface area contributed by atoms with Gasteiger partial charge in [-0.2, -0.15) is 5.26 Å². The third kappa shape index (κ3) is 3.36. The van der Waals surface area contributed by atoms with Gasteiger partial charge in [0, 0.05) is 5.69 Å². The van der Waals surface area contributed by atoms with E-state index < -0.39 is 5.91 Å². The molecule has 4 nitrogen and oxygen atoms in total. The number of primary amides is 1. The van der Waals surface area contributed by atoms with Crippen LogP contribution in [0.5, 0.6) is 0 Å². The number of carbonyl (C=O) groups excluding carboxylic acids is 1. The van der Waals surface area contributed by atoms with Crippen molar-refractivity contribution in [3.8, 4) is 17.3 Å². The zero-order valence-electron chi connectivity index (χ0n) is 11.6. The highest BCUT2D eigenvalue weighted by Gasteiger charge is 2.16. The Morgan fingerprint density at radius 2 is 2.00 bits per heavy atom. The molecule has 5 heteroatoms. The summed E-state index contributed by atoms with van der Waals surface area (Å²) in [6.07, 6.45) is 0. The number of thioether (sulfide) groups is 1. The van der Waals surface area contributed by atoms with Crippen LogP contribution in [0.1, 0.15) is 12.6 Å². The Balaban J connectivity index is 2.47. The minimum absolute atomic E-state index is 0.0108. The molecule has 106 valence electrons. The van der Waals surface area contributed by atoms with E-state index in [1.54, 1.807) is 0 Å². The molecule has 2 rings (SSSR count). The zero-order valence-corrected chi connectivity index (χ0v) is 12.4. The summed E-state index contributed by atoms with van der Waals surface area (Å²) in [5.41, 5.74) is 7.98. The molecule has 0 spiro atoms. The van der Waals surface area contributed by atoms with Crippen LogP contribution in [0.2, 0.25) is 0 Å². The maximum absolute atomic E-state index is 11.4. The van der Waals surface area contributed by atoms with Crippen LogP contribution in [0.3, 0.4) is 0 Å². The topological polar surface area (TPSA) is 82.7 Å². The van der Waals surface area contributed by atoms with Gasteiger partial charge in [-0.1, -0.05) is 37.3 Å². The van der Waals surface area contributed by atoms with Gasteiger partial charge in [-0.25, -0.2) is 0 Å². The first-order valence-corrected chi connectivity index (χ1v) is 7.47. The number of nitrogens with zero attached hydrogens (tertiary/aromatic N) is 1. The van der Waals surface area contributed by atoms with Crippen LogP contribution in [0.25, 0.3) is 16.2 Å². The van der Waals surface area contributed by atoms with Gasteiger partial charge < -0.3 is 10.7 Å². The highest BCUT2D eigenvalue weighted by atomic mass is 32.2. The second-order valence-electron chi connectivity index (χ2n) is 4.26. The van der Waals surface area contributed by atoms with E-state index in [1.165, 1.54) is 11.8 Å². The van der Waals surface area contributed by atoms with Crippen LogP contribution < -0.4 is 5.73 Å². The van der Waals surface area contributed by atoms with E-state index in [2.05, 4.69) is 4.98 Å². The Hall–Kier alpha value is -2.45. The minimum atomic E-state index is -0.704. The fourth-order valence-electron chi connectivity index (χ4n) is 1.96. The van der Waals surface area contributed by atoms with Crippen LogP contribution in [-0.2, 0) is 4.79 Å². The summed E-state index contributed by atoms with van der Waals surface area (Å²) in [6, 6.07) is 15.5. The van der Waals surface area contributed by atoms with Gasteiger partial charge in [-0.3, -0.25) is 4.79 Å². The van der Waals surface area contributed by atoms with E-state index in [1.807, 2.05) is 55.5 Å². The Morgan fingerprint density at radius 3 is 2.57 bits per heavy atom. The third-order valence-electron chi connectivity index (χ3n) is 2.89. The standard InChI is InChI=1S/C16H15N3OS/c1-2-21-15(12(10-17)16(18)20)14-9-8-13(19-14)11-6-4-3-5-7-11/h3-9,19H,2H2,1H3,(H2,18,20). The van der Waals surface area contributed by atoms with Gasteiger partial charge in [0.15, 0.2) is 0 Å². The normalized spacial score (nSPS) is 11.6. The van der Waals surface area contributed by atoms with E-state index in [-0.39, 0.29) is 5.57 Å². The van der Waals surface area contributed by atoms with E-state index in [0.717, 1.165) is 22.7 Å². The number of aromatic nitrogens is 1. The van der Waals surface area contributed by atoms with Crippen LogP contribution in [0, 0.1) is 11.3 Å². The second kappa shape index (κ2) is 6.82. The molecular weight excluding hydrogens is 282 g/mol. The summed E-state index contributed by atoms with van der Waals surface area (Å²) >= 11 is 1.42. The van der Waals surface area contributed by atoms with Crippen molar-refractivity contribution in [2.45, 2.75) is 6.92 Å². The maximum atomic E-state index is 11.4. The number of nitrogens with two attached hydrogens (primary N) is 1. The molecule has 1 aromatic carbocycles. The van der Waals surface area contributed by atoms with Gasteiger partial charge in [0.1, 0.15) is 11.6 Å². The monoisotopic (exact) mass is 297 g/mol. The molecular formula is C16H15N3OS. The summed E-state index contributed by atoms with van der Waals surface area (Å²) < 4.78 is 0. The van der Waals surface area contributed by atoms with Crippen LogP contribution in [-0.4, -0.2) is 16.6 Å². The lowest BCUT2D eigenvalue weighted by Gasteiger charge is -2.05. The third-order valence-corrected chi connectivity index (χ3v) is 3.89. The summed E-state index contributed by atoms with van der Waals surface area (Å²) in [4.78, 5) is 15.3. The Kier molecular flexibility index (Phi) is 4.85. The first-order valence-electron chi connectivity index (χ1n) is 6.49. The lowest BCUT2D eigenvalue weighted by atomic mass is 10.2. The fourth-order valence-corrected chi connectivity index (χ4v) is 2.81. The lowest BCUT2D eigenvalue weighted by Crippen LogP contribution is -2.14. The molecule has 0 saturated heterocycles. The SMILES string of the molecule is CCSC(=C(C#N)C(N)=O)c1ccc(-c2ccccc2)[nH]1. The number of aromatic amines is 1. The van der Waals surface area contributed by atoms with Crippen molar-refractivity contribution < 1.29 is 4.79 Å². The molecule has 2 aromatic rings. The van der Waals surface area contributed by atoms with Crippen molar-refractivity contribution in [2.75, 3.05) is 5.75 Å². The maximum Gasteiger partial charge on any atom is 0.260 e. The van der Waals surface area contributed by atoms with Gasteiger partial charge in [0.05, 0.1) is 10.6 Å². The number of hydrogen-bond acceptors (Lipinski definition) is 3. The number of nitrogens with one attached hydrogen (secondary N) is 1. The molecule has 0 fully saturated rings. The van der Waals surface area contributed by atoms with Crippen molar-refractivity contribution in [2.24, 2.45) is 5.73 Å². The van der Waals surface area contributed by atoms with Gasteiger partial charge >= 0.3 is 0 Å². The van der Waals surface area contributed by atoms with E-state index >= 15 is 0 Å². The van der Waals surface area contributed by atoms with Crippen molar-refractivity contribution in [1.29, 1.82) is 5.26 Å². The number of rotatable bonds is 5. The van der Waals surface area contributed by atoms with Gasteiger partial charge in [-0.05, 0) is 23.4 Å². The average Bonchev–Trinajstić information content (AvgIpc) is 2.97. The predicted molar refractivity (Wildman–Crippen MR) is 86.1 cm³/mol. The molecule has 21 heavy (non-hydrogen) atoms. The number of hydrogen-bond donors (Lipinski definition) is 2. The molecule has 0 aliphatic heterocycles. The van der Waals surface area contributed by atoms with Gasteiger partial charge in [0.2, 0.25) is 0 Å². The Bertz CT molecular complexity index is 711. The summed E-state index contributed by atoms with van der Waals surface area (Å²) in [7, 11) is 0. The van der Waals surface area contributed by atoms with Crippen LogP contribution >= 0.6 is 11.8 Å². The van der Waals surface area contributed by atoms with Crippen molar-refractivity contribution >= 4 is 22.6 Å². The van der Waals surface area contributed by atoms with Gasteiger partial charge in [0.25, 0.3) is 5.91 Å². The zero-order chi connectivity index (χ0) is 15.2. The largest absolute Gasteiger partial charge is 0.365 e. The summed E-state index contributed by atoms with van der Waals surface area (Å²) in [5, 5.41) is 9.14. The van der Waals surface area contributed by atoms with E-state index in [9.17, 15) is 4.79 Å². The molecule has 0 radical (unpaired) electrons. The molecule has 1 aromatic heterocycles. The van der Waals surface area contributed by atoms with Gasteiger partial charge in [-0.15, -0.1) is 11.8 Å². The number of carbonyl (C=O) groups is 1. The lowest BCUT2D eigenvalue weighted by molar-refractivity contribution is -0.114. The molecule has 1 heterocycles. The molecule has 0 atom stereocenters. The first kappa shape index (κ1) is 14.9. The number of nitriles is 1. The summed E-state index contributed by atoms with van der Waals surface area (Å²) in [6.45, 7) is 1.96. The molecule has 0 aliphatic carbocycles. The smallest absolute Gasteiger partial charge is 0.260 e. The Labute approximate surface area is 127 Å². The molecule has 0 bridgehead atoms. The van der Waals surface area contributed by atoms with E-state index in [4.69, 9.17) is 11.0 Å². The molecule has 0 aliphatic rings. The minimum Gasteiger partial charge on any atom is -0.365 e. The number of H-pyrrole nitrogens is 1.